The molecule has 0 N–H and O–H groups in total. The first kappa shape index (κ1) is 12.4. The zero-order valence-corrected chi connectivity index (χ0v) is 9.87. The van der Waals surface area contributed by atoms with Gasteiger partial charge in [-0.2, -0.15) is 0 Å². The minimum Gasteiger partial charge on any atom is -0.426 e. The molecule has 3 heteroatoms. The lowest BCUT2D eigenvalue weighted by Crippen LogP contribution is -2.07. The second-order valence-electron chi connectivity index (χ2n) is 3.58. The van der Waals surface area contributed by atoms with Crippen molar-refractivity contribution in [2.75, 3.05) is 0 Å². The zero-order chi connectivity index (χ0) is 12.1. The van der Waals surface area contributed by atoms with Crippen molar-refractivity contribution >= 4 is 11.8 Å². The number of rotatable bonds is 4. The molecule has 1 rings (SSSR count). The number of aryl methyl sites for hydroxylation is 1. The first-order valence-electron chi connectivity index (χ1n) is 5.43. The molecule has 0 aliphatic carbocycles. The maximum absolute atomic E-state index is 11.4. The molecule has 0 aliphatic rings. The standard InChI is InChI=1S/C13H16O3/c1-4-11(14)10-6-7-12(9(3)8-10)16-13(15)5-2/h6-8H,4-5H2,1-3H3. The summed E-state index contributed by atoms with van der Waals surface area (Å²) < 4.78 is 5.11. The van der Waals surface area contributed by atoms with Crippen molar-refractivity contribution in [2.24, 2.45) is 0 Å². The summed E-state index contributed by atoms with van der Waals surface area (Å²) in [6.45, 7) is 5.39. The maximum atomic E-state index is 11.4. The second kappa shape index (κ2) is 5.45. The van der Waals surface area contributed by atoms with Gasteiger partial charge >= 0.3 is 5.97 Å². The number of benzene rings is 1. The van der Waals surface area contributed by atoms with Gasteiger partial charge in [-0.3, -0.25) is 9.59 Å². The fraction of sp³-hybridized carbons (Fsp3) is 0.385. The lowest BCUT2D eigenvalue weighted by molar-refractivity contribution is -0.134. The van der Waals surface area contributed by atoms with Crippen LogP contribution in [0.2, 0.25) is 0 Å². The van der Waals surface area contributed by atoms with Gasteiger partial charge in [0.25, 0.3) is 0 Å². The number of hydrogen-bond acceptors (Lipinski definition) is 3. The molecule has 0 unspecified atom stereocenters. The Balaban J connectivity index is 2.91. The SMILES string of the molecule is CCC(=O)Oc1ccc(C(=O)CC)cc1C. The van der Waals surface area contributed by atoms with Gasteiger partial charge in [0.15, 0.2) is 5.78 Å². The number of Topliss-reactive ketones (excluding diaryl/α,β-unsaturated/α-hetero) is 1. The minimum absolute atomic E-state index is 0.0940. The van der Waals surface area contributed by atoms with Crippen LogP contribution in [0.4, 0.5) is 0 Å². The summed E-state index contributed by atoms with van der Waals surface area (Å²) in [4.78, 5) is 22.6. The Morgan fingerprint density at radius 2 is 1.88 bits per heavy atom. The van der Waals surface area contributed by atoms with Crippen LogP contribution in [0.1, 0.15) is 42.6 Å². The van der Waals surface area contributed by atoms with E-state index in [1.807, 2.05) is 13.8 Å². The molecule has 1 aromatic rings. The fourth-order valence-corrected chi connectivity index (χ4v) is 1.34. The van der Waals surface area contributed by atoms with Crippen molar-refractivity contribution in [1.29, 1.82) is 0 Å². The third kappa shape index (κ3) is 2.92. The summed E-state index contributed by atoms with van der Waals surface area (Å²) >= 11 is 0. The van der Waals surface area contributed by atoms with Crippen molar-refractivity contribution in [1.82, 2.24) is 0 Å². The van der Waals surface area contributed by atoms with Crippen LogP contribution in [0.25, 0.3) is 0 Å². The topological polar surface area (TPSA) is 43.4 Å². The van der Waals surface area contributed by atoms with Crippen LogP contribution in [-0.2, 0) is 4.79 Å². The van der Waals surface area contributed by atoms with Crippen LogP contribution in [0.15, 0.2) is 18.2 Å². The van der Waals surface area contributed by atoms with E-state index in [1.165, 1.54) is 0 Å². The normalized spacial score (nSPS) is 9.94. The zero-order valence-electron chi connectivity index (χ0n) is 9.87. The molecule has 0 bridgehead atoms. The molecule has 0 saturated carbocycles. The smallest absolute Gasteiger partial charge is 0.310 e. The Labute approximate surface area is 95.4 Å². The number of ketones is 1. The Morgan fingerprint density at radius 3 is 2.38 bits per heavy atom. The molecule has 0 heterocycles. The van der Waals surface area contributed by atoms with Crippen LogP contribution in [0.5, 0.6) is 5.75 Å². The van der Waals surface area contributed by atoms with E-state index in [9.17, 15) is 9.59 Å². The third-order valence-electron chi connectivity index (χ3n) is 2.33. The van der Waals surface area contributed by atoms with Gasteiger partial charge in [-0.25, -0.2) is 0 Å². The predicted octanol–water partition coefficient (Wildman–Crippen LogP) is 2.90. The average molecular weight is 220 g/mol. The Bertz CT molecular complexity index is 408. The molecule has 0 aliphatic heterocycles. The first-order chi connectivity index (χ1) is 7.58. The molecule has 0 saturated heterocycles. The molecular formula is C13H16O3. The Kier molecular flexibility index (Phi) is 4.23. The number of esters is 1. The molecule has 0 radical (unpaired) electrons. The van der Waals surface area contributed by atoms with Gasteiger partial charge in [-0.15, -0.1) is 0 Å². The monoisotopic (exact) mass is 220 g/mol. The minimum atomic E-state index is -0.266. The van der Waals surface area contributed by atoms with Crippen LogP contribution >= 0.6 is 0 Å². The highest BCUT2D eigenvalue weighted by molar-refractivity contribution is 5.96. The van der Waals surface area contributed by atoms with Gasteiger partial charge in [0, 0.05) is 18.4 Å². The van der Waals surface area contributed by atoms with E-state index in [0.717, 1.165) is 5.56 Å². The van der Waals surface area contributed by atoms with Gasteiger partial charge < -0.3 is 4.74 Å². The highest BCUT2D eigenvalue weighted by Gasteiger charge is 2.08. The molecule has 0 fully saturated rings. The van der Waals surface area contributed by atoms with Crippen LogP contribution in [0.3, 0.4) is 0 Å². The van der Waals surface area contributed by atoms with E-state index in [2.05, 4.69) is 0 Å². The number of ether oxygens (including phenoxy) is 1. The molecular weight excluding hydrogens is 204 g/mol. The lowest BCUT2D eigenvalue weighted by atomic mass is 10.1. The predicted molar refractivity (Wildman–Crippen MR) is 61.7 cm³/mol. The molecule has 0 aromatic heterocycles. The molecule has 0 atom stereocenters. The Hall–Kier alpha value is -1.64. The molecule has 3 nitrogen and oxygen atoms in total. The van der Waals surface area contributed by atoms with Gasteiger partial charge in [-0.1, -0.05) is 13.8 Å². The van der Waals surface area contributed by atoms with E-state index in [1.54, 1.807) is 25.1 Å². The van der Waals surface area contributed by atoms with Crippen molar-refractivity contribution < 1.29 is 14.3 Å². The van der Waals surface area contributed by atoms with Gasteiger partial charge in [0.2, 0.25) is 0 Å². The number of hydrogen-bond donors (Lipinski definition) is 0. The summed E-state index contributed by atoms with van der Waals surface area (Å²) in [5.41, 5.74) is 1.47. The van der Waals surface area contributed by atoms with Gasteiger partial charge in [-0.05, 0) is 30.7 Å². The van der Waals surface area contributed by atoms with Crippen LogP contribution in [-0.4, -0.2) is 11.8 Å². The third-order valence-corrected chi connectivity index (χ3v) is 2.33. The fourth-order valence-electron chi connectivity index (χ4n) is 1.34. The van der Waals surface area contributed by atoms with E-state index in [-0.39, 0.29) is 11.8 Å². The molecule has 16 heavy (non-hydrogen) atoms. The van der Waals surface area contributed by atoms with Crippen LogP contribution < -0.4 is 4.74 Å². The quantitative estimate of drug-likeness (QED) is 0.445. The number of carbonyl (C=O) groups excluding carboxylic acids is 2. The van der Waals surface area contributed by atoms with E-state index in [0.29, 0.717) is 24.2 Å². The van der Waals surface area contributed by atoms with Gasteiger partial charge in [0.05, 0.1) is 0 Å². The highest BCUT2D eigenvalue weighted by atomic mass is 16.5. The molecule has 86 valence electrons. The van der Waals surface area contributed by atoms with E-state index in [4.69, 9.17) is 4.74 Å². The average Bonchev–Trinajstić information content (AvgIpc) is 2.30. The van der Waals surface area contributed by atoms with Gasteiger partial charge in [0.1, 0.15) is 5.75 Å². The van der Waals surface area contributed by atoms with Crippen molar-refractivity contribution in [2.45, 2.75) is 33.6 Å². The van der Waals surface area contributed by atoms with Crippen molar-refractivity contribution in [3.8, 4) is 5.75 Å². The number of carbonyl (C=O) groups is 2. The molecule has 1 aromatic carbocycles. The summed E-state index contributed by atoms with van der Waals surface area (Å²) in [7, 11) is 0. The first-order valence-corrected chi connectivity index (χ1v) is 5.43. The van der Waals surface area contributed by atoms with E-state index >= 15 is 0 Å². The summed E-state index contributed by atoms with van der Waals surface area (Å²) in [6.07, 6.45) is 0.822. The van der Waals surface area contributed by atoms with Crippen LogP contribution in [0, 0.1) is 6.92 Å². The summed E-state index contributed by atoms with van der Waals surface area (Å²) in [6, 6.07) is 5.12. The molecule has 0 spiro atoms. The largest absolute Gasteiger partial charge is 0.426 e. The van der Waals surface area contributed by atoms with Crippen molar-refractivity contribution in [3.05, 3.63) is 29.3 Å². The molecule has 0 amide bonds. The second-order valence-corrected chi connectivity index (χ2v) is 3.58. The summed E-state index contributed by atoms with van der Waals surface area (Å²) in [5, 5.41) is 0. The van der Waals surface area contributed by atoms with Crippen molar-refractivity contribution in [3.63, 3.8) is 0 Å². The lowest BCUT2D eigenvalue weighted by Gasteiger charge is -2.07. The van der Waals surface area contributed by atoms with E-state index < -0.39 is 0 Å². The summed E-state index contributed by atoms with van der Waals surface area (Å²) in [5.74, 6) is 0.355. The highest BCUT2D eigenvalue weighted by Crippen LogP contribution is 2.20. The maximum Gasteiger partial charge on any atom is 0.310 e. The Morgan fingerprint density at radius 1 is 1.19 bits per heavy atom.